The zero-order valence-electron chi connectivity index (χ0n) is 16.2. The van der Waals surface area contributed by atoms with E-state index in [4.69, 9.17) is 28.1 Å². The molecule has 0 aliphatic carbocycles. The average molecular weight is 519 g/mol. The van der Waals surface area contributed by atoms with Crippen molar-refractivity contribution in [3.8, 4) is 23.8 Å². The monoisotopic (exact) mass is 518 g/mol. The molecule has 0 N–H and O–H groups in total. The molecule has 2 aromatic carbocycles. The summed E-state index contributed by atoms with van der Waals surface area (Å²) in [6.07, 6.45) is 6.97. The maximum atomic E-state index is 13.0. The van der Waals surface area contributed by atoms with Crippen LogP contribution in [-0.4, -0.2) is 28.4 Å². The predicted molar refractivity (Wildman–Crippen MR) is 128 cm³/mol. The highest BCUT2D eigenvalue weighted by Gasteiger charge is 2.33. The first-order valence-electron chi connectivity index (χ1n) is 8.90. The van der Waals surface area contributed by atoms with E-state index in [0.29, 0.717) is 43.1 Å². The largest absolute Gasteiger partial charge is 0.490 e. The highest BCUT2D eigenvalue weighted by molar-refractivity contribution is 9.10. The quantitative estimate of drug-likeness (QED) is 0.164. The van der Waals surface area contributed by atoms with Crippen LogP contribution in [0.5, 0.6) is 11.5 Å². The molecule has 1 aliphatic rings. The minimum atomic E-state index is -0.501. The van der Waals surface area contributed by atoms with Crippen molar-refractivity contribution >= 4 is 67.6 Å². The van der Waals surface area contributed by atoms with Crippen LogP contribution in [-0.2, 0) is 4.79 Å². The van der Waals surface area contributed by atoms with Crippen LogP contribution in [0.4, 0.5) is 11.4 Å². The van der Waals surface area contributed by atoms with Gasteiger partial charge < -0.3 is 9.47 Å². The van der Waals surface area contributed by atoms with Crippen LogP contribution < -0.4 is 14.4 Å². The van der Waals surface area contributed by atoms with Crippen LogP contribution in [0.25, 0.3) is 6.08 Å². The van der Waals surface area contributed by atoms with E-state index < -0.39 is 4.92 Å². The number of thioether (sulfide) groups is 1. The van der Waals surface area contributed by atoms with Crippen molar-refractivity contribution in [2.75, 3.05) is 18.1 Å². The molecule has 0 bridgehead atoms. The van der Waals surface area contributed by atoms with Crippen LogP contribution in [0, 0.1) is 22.5 Å². The lowest BCUT2D eigenvalue weighted by atomic mass is 10.1. The fraction of sp³-hybridized carbons (Fsp3) is 0.143. The molecule has 0 saturated carbocycles. The maximum Gasteiger partial charge on any atom is 0.270 e. The number of hydrogen-bond donors (Lipinski definition) is 0. The summed E-state index contributed by atoms with van der Waals surface area (Å²) in [7, 11) is 0. The minimum absolute atomic E-state index is 0.0646. The Morgan fingerprint density at radius 2 is 2.03 bits per heavy atom. The van der Waals surface area contributed by atoms with Gasteiger partial charge in [0.2, 0.25) is 0 Å². The fourth-order valence-corrected chi connectivity index (χ4v) is 4.63. The summed E-state index contributed by atoms with van der Waals surface area (Å²) < 4.78 is 12.2. The smallest absolute Gasteiger partial charge is 0.270 e. The van der Waals surface area contributed by atoms with Crippen molar-refractivity contribution in [3.05, 3.63) is 61.5 Å². The summed E-state index contributed by atoms with van der Waals surface area (Å²) in [5.41, 5.74) is 1.10. The molecule has 10 heteroatoms. The Balaban J connectivity index is 1.92. The number of hydrogen-bond acceptors (Lipinski definition) is 7. The van der Waals surface area contributed by atoms with Crippen LogP contribution in [0.3, 0.4) is 0 Å². The highest BCUT2D eigenvalue weighted by Crippen LogP contribution is 2.40. The van der Waals surface area contributed by atoms with Gasteiger partial charge in [-0.15, -0.1) is 6.42 Å². The van der Waals surface area contributed by atoms with Gasteiger partial charge in [0.25, 0.3) is 11.6 Å². The third-order valence-electron chi connectivity index (χ3n) is 4.04. The number of nitro groups is 1. The van der Waals surface area contributed by atoms with Gasteiger partial charge in [0, 0.05) is 12.1 Å². The molecule has 0 aromatic heterocycles. The summed E-state index contributed by atoms with van der Waals surface area (Å²) in [6, 6.07) is 9.18. The van der Waals surface area contributed by atoms with Crippen molar-refractivity contribution in [1.29, 1.82) is 0 Å². The highest BCUT2D eigenvalue weighted by atomic mass is 79.9. The van der Waals surface area contributed by atoms with E-state index in [9.17, 15) is 14.9 Å². The SMILES string of the molecule is C#CCOc1c(Br)cc(/C=C2/SC(=S)N(c3ccc([N+](=O)[O-])cc3)C2=O)cc1OCC. The molecule has 1 saturated heterocycles. The molecule has 1 heterocycles. The zero-order chi connectivity index (χ0) is 22.5. The Morgan fingerprint density at radius 3 is 2.65 bits per heavy atom. The molecule has 0 unspecified atom stereocenters. The van der Waals surface area contributed by atoms with Gasteiger partial charge in [-0.2, -0.15) is 0 Å². The van der Waals surface area contributed by atoms with E-state index in [1.54, 1.807) is 18.2 Å². The summed E-state index contributed by atoms with van der Waals surface area (Å²) in [6.45, 7) is 2.36. The number of anilines is 1. The topological polar surface area (TPSA) is 81.9 Å². The lowest BCUT2D eigenvalue weighted by Gasteiger charge is -2.14. The second-order valence-electron chi connectivity index (χ2n) is 6.05. The lowest BCUT2D eigenvalue weighted by molar-refractivity contribution is -0.384. The fourth-order valence-electron chi connectivity index (χ4n) is 2.75. The van der Waals surface area contributed by atoms with E-state index in [0.717, 1.165) is 11.8 Å². The second kappa shape index (κ2) is 9.96. The van der Waals surface area contributed by atoms with Crippen molar-refractivity contribution < 1.29 is 19.2 Å². The Kier molecular flexibility index (Phi) is 7.33. The molecular weight excluding hydrogens is 504 g/mol. The maximum absolute atomic E-state index is 13.0. The third kappa shape index (κ3) is 5.07. The first kappa shape index (κ1) is 22.8. The molecule has 158 valence electrons. The summed E-state index contributed by atoms with van der Waals surface area (Å²) in [4.78, 5) is 25.1. The normalized spacial score (nSPS) is 14.6. The molecule has 1 aliphatic heterocycles. The minimum Gasteiger partial charge on any atom is -0.490 e. The van der Waals surface area contributed by atoms with Gasteiger partial charge in [0.15, 0.2) is 15.8 Å². The number of benzene rings is 2. The van der Waals surface area contributed by atoms with Gasteiger partial charge in [-0.3, -0.25) is 19.8 Å². The number of non-ortho nitro benzene ring substituents is 1. The first-order chi connectivity index (χ1) is 14.8. The Bertz CT molecular complexity index is 1130. The van der Waals surface area contributed by atoms with Crippen LogP contribution >= 0.6 is 39.9 Å². The van der Waals surface area contributed by atoms with E-state index in [1.165, 1.54) is 29.2 Å². The predicted octanol–water partition coefficient (Wildman–Crippen LogP) is 5.17. The molecule has 1 fully saturated rings. The zero-order valence-corrected chi connectivity index (χ0v) is 19.4. The van der Waals surface area contributed by atoms with E-state index in [-0.39, 0.29) is 18.2 Å². The molecule has 0 radical (unpaired) electrons. The molecule has 0 atom stereocenters. The van der Waals surface area contributed by atoms with Crippen LogP contribution in [0.15, 0.2) is 45.8 Å². The van der Waals surface area contributed by atoms with Gasteiger partial charge in [0.1, 0.15) is 6.61 Å². The van der Waals surface area contributed by atoms with E-state index >= 15 is 0 Å². The number of nitrogens with zero attached hydrogens (tertiary/aromatic N) is 2. The Hall–Kier alpha value is -2.87. The van der Waals surface area contributed by atoms with E-state index in [1.807, 2.05) is 6.92 Å². The Morgan fingerprint density at radius 1 is 1.32 bits per heavy atom. The molecule has 2 aromatic rings. The van der Waals surface area contributed by atoms with E-state index in [2.05, 4.69) is 21.9 Å². The molecule has 0 spiro atoms. The first-order valence-corrected chi connectivity index (χ1v) is 10.9. The van der Waals surface area contributed by atoms with Gasteiger partial charge in [-0.25, -0.2) is 0 Å². The molecule has 1 amide bonds. The number of halogens is 1. The van der Waals surface area contributed by atoms with Gasteiger partial charge in [0.05, 0.1) is 26.6 Å². The second-order valence-corrected chi connectivity index (χ2v) is 8.58. The van der Waals surface area contributed by atoms with Crippen molar-refractivity contribution in [2.24, 2.45) is 0 Å². The number of rotatable bonds is 7. The number of ether oxygens (including phenoxy) is 2. The van der Waals surface area contributed by atoms with Gasteiger partial charge >= 0.3 is 0 Å². The molecule has 31 heavy (non-hydrogen) atoms. The van der Waals surface area contributed by atoms with Crippen molar-refractivity contribution in [1.82, 2.24) is 0 Å². The van der Waals surface area contributed by atoms with Gasteiger partial charge in [-0.1, -0.05) is 29.9 Å². The van der Waals surface area contributed by atoms with Crippen molar-refractivity contribution in [3.63, 3.8) is 0 Å². The summed E-state index contributed by atoms with van der Waals surface area (Å²) >= 11 is 9.96. The summed E-state index contributed by atoms with van der Waals surface area (Å²) in [5.74, 6) is 3.07. The number of carbonyl (C=O) groups is 1. The standard InChI is InChI=1S/C21H15BrN2O5S2/c1-3-9-29-19-16(22)10-13(11-17(19)28-4-2)12-18-20(25)23(21(30)31-18)14-5-7-15(8-6-14)24(26)27/h1,5-8,10-12H,4,9H2,2H3/b18-12+. The van der Waals surface area contributed by atoms with Gasteiger partial charge in [-0.05, 0) is 58.8 Å². The number of terminal acetylenes is 1. The molecule has 3 rings (SSSR count). The van der Waals surface area contributed by atoms with Crippen LogP contribution in [0.1, 0.15) is 12.5 Å². The third-order valence-corrected chi connectivity index (χ3v) is 5.93. The average Bonchev–Trinajstić information content (AvgIpc) is 3.00. The molecule has 7 nitrogen and oxygen atoms in total. The molecular formula is C21H15BrN2O5S2. The lowest BCUT2D eigenvalue weighted by Crippen LogP contribution is -2.27. The number of thiocarbonyl (C=S) groups is 1. The number of nitro benzene ring substituents is 1. The number of amides is 1. The summed E-state index contributed by atoms with van der Waals surface area (Å²) in [5, 5.41) is 10.9. The number of carbonyl (C=O) groups excluding carboxylic acids is 1. The van der Waals surface area contributed by atoms with Crippen LogP contribution in [0.2, 0.25) is 0 Å². The Labute approximate surface area is 196 Å². The van der Waals surface area contributed by atoms with Crippen molar-refractivity contribution in [2.45, 2.75) is 6.92 Å².